The average Bonchev–Trinajstić information content (AvgIpc) is 2.85. The van der Waals surface area contributed by atoms with Crippen molar-refractivity contribution < 1.29 is 14.3 Å². The second-order valence-corrected chi connectivity index (χ2v) is 5.46. The van der Waals surface area contributed by atoms with Crippen LogP contribution in [0.4, 0.5) is 0 Å². The van der Waals surface area contributed by atoms with E-state index >= 15 is 0 Å². The highest BCUT2D eigenvalue weighted by Crippen LogP contribution is 2.37. The second kappa shape index (κ2) is 6.43. The van der Waals surface area contributed by atoms with E-state index in [2.05, 4.69) is 15.9 Å². The number of carbonyl (C=O) groups is 2. The molecule has 1 aliphatic heterocycles. The lowest BCUT2D eigenvalue weighted by molar-refractivity contribution is -0.151. The standard InChI is InChI=1S/C16H18BrNO3/c1-3-21-15(20)16(2)13(11-17)9-10-18(16)14(19)12-7-5-4-6-8-12/h4-8,11H,3,9-10H2,1-2H3/b13-11-/t16-/m1/s1. The molecule has 0 spiro atoms. The van der Waals surface area contributed by atoms with Crippen molar-refractivity contribution in [1.82, 2.24) is 4.90 Å². The van der Waals surface area contributed by atoms with Gasteiger partial charge in [-0.15, -0.1) is 0 Å². The second-order valence-electron chi connectivity index (χ2n) is 5.00. The van der Waals surface area contributed by atoms with Gasteiger partial charge in [0.15, 0.2) is 5.54 Å². The largest absolute Gasteiger partial charge is 0.464 e. The number of rotatable bonds is 3. The van der Waals surface area contributed by atoms with Crippen LogP contribution in [0.3, 0.4) is 0 Å². The van der Waals surface area contributed by atoms with E-state index in [1.165, 1.54) is 0 Å². The molecule has 0 aromatic heterocycles. The lowest BCUT2D eigenvalue weighted by atomic mass is 9.93. The van der Waals surface area contributed by atoms with Crippen molar-refractivity contribution in [3.8, 4) is 0 Å². The lowest BCUT2D eigenvalue weighted by Gasteiger charge is -2.33. The Bertz CT molecular complexity index is 570. The highest BCUT2D eigenvalue weighted by atomic mass is 79.9. The van der Waals surface area contributed by atoms with Crippen molar-refractivity contribution in [2.75, 3.05) is 13.2 Å². The van der Waals surface area contributed by atoms with Crippen molar-refractivity contribution in [2.24, 2.45) is 0 Å². The van der Waals surface area contributed by atoms with Gasteiger partial charge in [0.05, 0.1) is 6.61 Å². The zero-order chi connectivity index (χ0) is 15.5. The molecule has 4 nitrogen and oxygen atoms in total. The Morgan fingerprint density at radius 3 is 2.62 bits per heavy atom. The Kier molecular flexibility index (Phi) is 4.83. The topological polar surface area (TPSA) is 46.6 Å². The molecule has 0 N–H and O–H groups in total. The fourth-order valence-electron chi connectivity index (χ4n) is 2.59. The van der Waals surface area contributed by atoms with Gasteiger partial charge in [-0.3, -0.25) is 4.79 Å². The van der Waals surface area contributed by atoms with Gasteiger partial charge in [0.1, 0.15) is 0 Å². The summed E-state index contributed by atoms with van der Waals surface area (Å²) in [6.07, 6.45) is 0.652. The van der Waals surface area contributed by atoms with Gasteiger partial charge < -0.3 is 9.64 Å². The SMILES string of the molecule is CCOC(=O)[C@@]1(C)/C(=C\Br)CCN1C(=O)c1ccccc1. The summed E-state index contributed by atoms with van der Waals surface area (Å²) in [6.45, 7) is 4.29. The quantitative estimate of drug-likeness (QED) is 0.786. The minimum atomic E-state index is -1.05. The van der Waals surface area contributed by atoms with Gasteiger partial charge in [-0.1, -0.05) is 34.1 Å². The summed E-state index contributed by atoms with van der Waals surface area (Å²) in [4.78, 5) is 28.4. The average molecular weight is 352 g/mol. The summed E-state index contributed by atoms with van der Waals surface area (Å²) in [7, 11) is 0. The van der Waals surface area contributed by atoms with E-state index < -0.39 is 11.5 Å². The highest BCUT2D eigenvalue weighted by Gasteiger charge is 2.50. The predicted octanol–water partition coefficient (Wildman–Crippen LogP) is 3.13. The Labute approximate surface area is 132 Å². The van der Waals surface area contributed by atoms with Gasteiger partial charge >= 0.3 is 5.97 Å². The third kappa shape index (κ3) is 2.75. The molecule has 112 valence electrons. The number of likely N-dealkylation sites (tertiary alicyclic amines) is 1. The first-order valence-corrected chi connectivity index (χ1v) is 7.81. The highest BCUT2D eigenvalue weighted by molar-refractivity contribution is 9.11. The molecule has 1 saturated heterocycles. The molecule has 1 amide bonds. The summed E-state index contributed by atoms with van der Waals surface area (Å²) >= 11 is 3.30. The van der Waals surface area contributed by atoms with Crippen LogP contribution in [0, 0.1) is 0 Å². The molecule has 0 saturated carbocycles. The maximum atomic E-state index is 12.7. The zero-order valence-corrected chi connectivity index (χ0v) is 13.7. The molecule has 0 radical (unpaired) electrons. The molecule has 0 unspecified atom stereocenters. The minimum Gasteiger partial charge on any atom is -0.464 e. The van der Waals surface area contributed by atoms with Crippen molar-refractivity contribution in [3.05, 3.63) is 46.5 Å². The summed E-state index contributed by atoms with van der Waals surface area (Å²) in [6, 6.07) is 8.99. The summed E-state index contributed by atoms with van der Waals surface area (Å²) in [5.74, 6) is -0.548. The van der Waals surface area contributed by atoms with Crippen LogP contribution in [-0.4, -0.2) is 35.5 Å². The van der Waals surface area contributed by atoms with Crippen LogP contribution >= 0.6 is 15.9 Å². The first-order chi connectivity index (χ1) is 10.1. The number of amides is 1. The van der Waals surface area contributed by atoms with Crippen LogP contribution in [0.2, 0.25) is 0 Å². The molecule has 1 aromatic rings. The fourth-order valence-corrected chi connectivity index (χ4v) is 3.26. The smallest absolute Gasteiger partial charge is 0.336 e. The Balaban J connectivity index is 2.38. The third-order valence-corrected chi connectivity index (χ3v) is 4.39. The van der Waals surface area contributed by atoms with Crippen LogP contribution in [0.25, 0.3) is 0 Å². The lowest BCUT2D eigenvalue weighted by Crippen LogP contribution is -2.52. The maximum absolute atomic E-state index is 12.7. The number of esters is 1. The van der Waals surface area contributed by atoms with E-state index in [-0.39, 0.29) is 12.5 Å². The van der Waals surface area contributed by atoms with E-state index in [4.69, 9.17) is 4.74 Å². The third-order valence-electron chi connectivity index (χ3n) is 3.84. The molecular weight excluding hydrogens is 334 g/mol. The van der Waals surface area contributed by atoms with Crippen LogP contribution in [0.15, 0.2) is 40.9 Å². The number of hydrogen-bond donors (Lipinski definition) is 0. The number of hydrogen-bond acceptors (Lipinski definition) is 3. The Hall–Kier alpha value is -1.62. The van der Waals surface area contributed by atoms with Crippen LogP contribution in [-0.2, 0) is 9.53 Å². The van der Waals surface area contributed by atoms with E-state index in [9.17, 15) is 9.59 Å². The van der Waals surface area contributed by atoms with E-state index in [0.29, 0.717) is 18.5 Å². The van der Waals surface area contributed by atoms with Gasteiger partial charge in [-0.05, 0) is 43.0 Å². The summed E-state index contributed by atoms with van der Waals surface area (Å²) in [5, 5.41) is 0. The number of halogens is 1. The molecule has 0 aliphatic carbocycles. The Morgan fingerprint density at radius 1 is 1.38 bits per heavy atom. The molecule has 0 bridgehead atoms. The summed E-state index contributed by atoms with van der Waals surface area (Å²) < 4.78 is 5.18. The van der Waals surface area contributed by atoms with Crippen LogP contribution in [0.5, 0.6) is 0 Å². The van der Waals surface area contributed by atoms with E-state index in [1.807, 2.05) is 18.2 Å². The van der Waals surface area contributed by atoms with E-state index in [1.54, 1.807) is 35.9 Å². The molecule has 5 heteroatoms. The monoisotopic (exact) mass is 351 g/mol. The van der Waals surface area contributed by atoms with E-state index in [0.717, 1.165) is 5.57 Å². The minimum absolute atomic E-state index is 0.157. The molecule has 1 fully saturated rings. The number of ether oxygens (including phenoxy) is 1. The van der Waals surface area contributed by atoms with Crippen LogP contribution in [0.1, 0.15) is 30.6 Å². The van der Waals surface area contributed by atoms with Gasteiger partial charge in [-0.25, -0.2) is 4.79 Å². The molecule has 2 rings (SSSR count). The van der Waals surface area contributed by atoms with Crippen molar-refractivity contribution in [3.63, 3.8) is 0 Å². The maximum Gasteiger partial charge on any atom is 0.336 e. The molecule has 1 heterocycles. The van der Waals surface area contributed by atoms with Crippen molar-refractivity contribution >= 4 is 27.8 Å². The Morgan fingerprint density at radius 2 is 2.05 bits per heavy atom. The molecule has 1 aliphatic rings. The first kappa shape index (κ1) is 15.8. The van der Waals surface area contributed by atoms with Gasteiger partial charge in [0.2, 0.25) is 0 Å². The first-order valence-electron chi connectivity index (χ1n) is 6.89. The van der Waals surface area contributed by atoms with Gasteiger partial charge in [0, 0.05) is 12.1 Å². The molecular formula is C16H18BrNO3. The normalized spacial score (nSPS) is 23.4. The molecule has 1 atom stereocenters. The fraction of sp³-hybridized carbons (Fsp3) is 0.375. The van der Waals surface area contributed by atoms with Crippen molar-refractivity contribution in [1.29, 1.82) is 0 Å². The number of nitrogens with zero attached hydrogens (tertiary/aromatic N) is 1. The van der Waals surface area contributed by atoms with Gasteiger partial charge in [0.25, 0.3) is 5.91 Å². The van der Waals surface area contributed by atoms with Crippen LogP contribution < -0.4 is 0 Å². The number of benzene rings is 1. The van der Waals surface area contributed by atoms with Crippen molar-refractivity contribution in [2.45, 2.75) is 25.8 Å². The summed E-state index contributed by atoms with van der Waals surface area (Å²) in [5.41, 5.74) is 0.376. The predicted molar refractivity (Wildman–Crippen MR) is 84.1 cm³/mol. The zero-order valence-electron chi connectivity index (χ0n) is 12.1. The van der Waals surface area contributed by atoms with Gasteiger partial charge in [-0.2, -0.15) is 0 Å². The number of carbonyl (C=O) groups excluding carboxylic acids is 2. The molecule has 1 aromatic carbocycles. The molecule has 21 heavy (non-hydrogen) atoms.